The second-order valence-electron chi connectivity index (χ2n) is 5.51. The number of anilines is 1. The molecule has 116 valence electrons. The van der Waals surface area contributed by atoms with Crippen molar-refractivity contribution in [1.82, 2.24) is 4.90 Å². The Hall–Kier alpha value is -1.62. The number of hydrogen-bond donors (Lipinski definition) is 1. The Bertz CT molecular complexity index is 442. The van der Waals surface area contributed by atoms with E-state index in [0.717, 1.165) is 57.7 Å². The molecule has 0 radical (unpaired) electrons. The number of carboxylic acid groups (broad SMARTS) is 1. The first-order chi connectivity index (χ1) is 10.1. The molecule has 5 heteroatoms. The third kappa shape index (κ3) is 5.34. The third-order valence-corrected chi connectivity index (χ3v) is 3.93. The van der Waals surface area contributed by atoms with Crippen LogP contribution in [0.5, 0.6) is 0 Å². The summed E-state index contributed by atoms with van der Waals surface area (Å²) in [6.07, 6.45) is 3.08. The number of unbranched alkanes of at least 4 members (excludes halogenated alkanes) is 2. The molecule has 0 aromatic heterocycles. The van der Waals surface area contributed by atoms with Crippen molar-refractivity contribution in [2.45, 2.75) is 25.7 Å². The van der Waals surface area contributed by atoms with Crippen LogP contribution in [0.25, 0.3) is 0 Å². The van der Waals surface area contributed by atoms with Gasteiger partial charge in [-0.25, -0.2) is 4.39 Å². The summed E-state index contributed by atoms with van der Waals surface area (Å²) in [5.41, 5.74) is 1.08. The van der Waals surface area contributed by atoms with E-state index in [1.165, 1.54) is 12.1 Å². The molecule has 0 unspecified atom stereocenters. The van der Waals surface area contributed by atoms with E-state index >= 15 is 0 Å². The van der Waals surface area contributed by atoms with Gasteiger partial charge in [-0.2, -0.15) is 0 Å². The number of nitrogens with zero attached hydrogens (tertiary/aromatic N) is 2. The summed E-state index contributed by atoms with van der Waals surface area (Å²) >= 11 is 0. The first-order valence-electron chi connectivity index (χ1n) is 7.60. The molecule has 0 spiro atoms. The van der Waals surface area contributed by atoms with Gasteiger partial charge in [-0.15, -0.1) is 0 Å². The van der Waals surface area contributed by atoms with Crippen molar-refractivity contribution in [2.75, 3.05) is 37.6 Å². The number of rotatable bonds is 7. The SMILES string of the molecule is O=C(O)CCCCCN1CCN(c2ccc(F)cc2)CC1. The van der Waals surface area contributed by atoms with Crippen molar-refractivity contribution >= 4 is 11.7 Å². The summed E-state index contributed by atoms with van der Waals surface area (Å²) in [4.78, 5) is 15.1. The lowest BCUT2D eigenvalue weighted by molar-refractivity contribution is -0.137. The van der Waals surface area contributed by atoms with Gasteiger partial charge in [0.1, 0.15) is 5.82 Å². The fourth-order valence-electron chi connectivity index (χ4n) is 2.67. The van der Waals surface area contributed by atoms with Gasteiger partial charge in [-0.05, 0) is 43.7 Å². The number of benzene rings is 1. The average molecular weight is 294 g/mol. The van der Waals surface area contributed by atoms with Crippen molar-refractivity contribution in [2.24, 2.45) is 0 Å². The van der Waals surface area contributed by atoms with Crippen LogP contribution in [0, 0.1) is 5.82 Å². The highest BCUT2D eigenvalue weighted by atomic mass is 19.1. The Morgan fingerprint density at radius 2 is 1.71 bits per heavy atom. The lowest BCUT2D eigenvalue weighted by Gasteiger charge is -2.36. The minimum absolute atomic E-state index is 0.196. The molecule has 1 aliphatic heterocycles. The number of hydrogen-bond acceptors (Lipinski definition) is 3. The lowest BCUT2D eigenvalue weighted by atomic mass is 10.1. The van der Waals surface area contributed by atoms with Gasteiger partial charge in [-0.1, -0.05) is 6.42 Å². The number of halogens is 1. The molecule has 4 nitrogen and oxygen atoms in total. The molecule has 2 rings (SSSR count). The molecular weight excluding hydrogens is 271 g/mol. The summed E-state index contributed by atoms with van der Waals surface area (Å²) in [6.45, 7) is 4.98. The minimum atomic E-state index is -0.706. The molecular formula is C16H23FN2O2. The fraction of sp³-hybridized carbons (Fsp3) is 0.562. The summed E-state index contributed by atoms with van der Waals surface area (Å²) in [7, 11) is 0. The Balaban J connectivity index is 1.64. The molecule has 1 aromatic carbocycles. The fourth-order valence-corrected chi connectivity index (χ4v) is 2.67. The predicted molar refractivity (Wildman–Crippen MR) is 81.2 cm³/mol. The molecule has 0 atom stereocenters. The second kappa shape index (κ2) is 7.98. The zero-order chi connectivity index (χ0) is 15.1. The van der Waals surface area contributed by atoms with Gasteiger partial charge in [-0.3, -0.25) is 9.69 Å². The monoisotopic (exact) mass is 294 g/mol. The number of carboxylic acids is 1. The Morgan fingerprint density at radius 1 is 1.05 bits per heavy atom. The maximum Gasteiger partial charge on any atom is 0.303 e. The Labute approximate surface area is 125 Å². The summed E-state index contributed by atoms with van der Waals surface area (Å²) in [6, 6.07) is 6.67. The largest absolute Gasteiger partial charge is 0.481 e. The van der Waals surface area contributed by atoms with Crippen molar-refractivity contribution < 1.29 is 14.3 Å². The van der Waals surface area contributed by atoms with Gasteiger partial charge in [0, 0.05) is 38.3 Å². The zero-order valence-corrected chi connectivity index (χ0v) is 12.3. The number of piperazine rings is 1. The summed E-state index contributed by atoms with van der Waals surface area (Å²) < 4.78 is 12.9. The topological polar surface area (TPSA) is 43.8 Å². The van der Waals surface area contributed by atoms with Gasteiger partial charge >= 0.3 is 5.97 Å². The molecule has 0 saturated carbocycles. The van der Waals surface area contributed by atoms with E-state index in [4.69, 9.17) is 5.11 Å². The van der Waals surface area contributed by atoms with Gasteiger partial charge < -0.3 is 10.0 Å². The van der Waals surface area contributed by atoms with E-state index in [9.17, 15) is 9.18 Å². The van der Waals surface area contributed by atoms with Crippen molar-refractivity contribution in [1.29, 1.82) is 0 Å². The zero-order valence-electron chi connectivity index (χ0n) is 12.3. The van der Waals surface area contributed by atoms with Gasteiger partial charge in [0.2, 0.25) is 0 Å². The summed E-state index contributed by atoms with van der Waals surface area (Å²) in [5, 5.41) is 8.58. The first kappa shape index (κ1) is 15.8. The quantitative estimate of drug-likeness (QED) is 0.785. The number of aliphatic carboxylic acids is 1. The standard InChI is InChI=1S/C16H23FN2O2/c17-14-5-7-15(8-6-14)19-12-10-18(11-13-19)9-3-1-2-4-16(20)21/h5-8H,1-4,9-13H2,(H,20,21). The third-order valence-electron chi connectivity index (χ3n) is 3.93. The lowest BCUT2D eigenvalue weighted by Crippen LogP contribution is -2.46. The van der Waals surface area contributed by atoms with Gasteiger partial charge in [0.15, 0.2) is 0 Å². The first-order valence-corrected chi connectivity index (χ1v) is 7.60. The van der Waals surface area contributed by atoms with Crippen LogP contribution in [-0.4, -0.2) is 48.7 Å². The molecule has 0 aliphatic carbocycles. The van der Waals surface area contributed by atoms with Crippen LogP contribution in [-0.2, 0) is 4.79 Å². The van der Waals surface area contributed by atoms with Crippen molar-refractivity contribution in [3.8, 4) is 0 Å². The molecule has 1 heterocycles. The average Bonchev–Trinajstić information content (AvgIpc) is 2.48. The molecule has 0 amide bonds. The molecule has 1 aromatic rings. The van der Waals surface area contributed by atoms with E-state index in [1.807, 2.05) is 12.1 Å². The smallest absolute Gasteiger partial charge is 0.303 e. The molecule has 21 heavy (non-hydrogen) atoms. The van der Waals surface area contributed by atoms with Crippen LogP contribution in [0.2, 0.25) is 0 Å². The van der Waals surface area contributed by atoms with Crippen LogP contribution in [0.15, 0.2) is 24.3 Å². The van der Waals surface area contributed by atoms with Crippen LogP contribution in [0.3, 0.4) is 0 Å². The van der Waals surface area contributed by atoms with Crippen molar-refractivity contribution in [3.05, 3.63) is 30.1 Å². The minimum Gasteiger partial charge on any atom is -0.481 e. The van der Waals surface area contributed by atoms with E-state index in [2.05, 4.69) is 9.80 Å². The number of carbonyl (C=O) groups is 1. The Kier molecular flexibility index (Phi) is 5.99. The summed E-state index contributed by atoms with van der Waals surface area (Å²) in [5.74, 6) is -0.901. The highest BCUT2D eigenvalue weighted by molar-refractivity contribution is 5.66. The van der Waals surface area contributed by atoms with Crippen LogP contribution in [0.4, 0.5) is 10.1 Å². The van der Waals surface area contributed by atoms with E-state index in [-0.39, 0.29) is 12.2 Å². The van der Waals surface area contributed by atoms with E-state index < -0.39 is 5.97 Å². The van der Waals surface area contributed by atoms with E-state index in [1.54, 1.807) is 0 Å². The molecule has 1 saturated heterocycles. The maximum absolute atomic E-state index is 12.9. The van der Waals surface area contributed by atoms with Gasteiger partial charge in [0.05, 0.1) is 0 Å². The Morgan fingerprint density at radius 3 is 2.33 bits per heavy atom. The van der Waals surface area contributed by atoms with Crippen LogP contribution in [0.1, 0.15) is 25.7 Å². The second-order valence-corrected chi connectivity index (χ2v) is 5.51. The van der Waals surface area contributed by atoms with E-state index in [0.29, 0.717) is 0 Å². The van der Waals surface area contributed by atoms with Crippen molar-refractivity contribution in [3.63, 3.8) is 0 Å². The molecule has 1 aliphatic rings. The van der Waals surface area contributed by atoms with Crippen LogP contribution < -0.4 is 4.90 Å². The van der Waals surface area contributed by atoms with Gasteiger partial charge in [0.25, 0.3) is 0 Å². The normalized spacial score (nSPS) is 16.1. The van der Waals surface area contributed by atoms with Crippen LogP contribution >= 0.6 is 0 Å². The maximum atomic E-state index is 12.9. The molecule has 1 fully saturated rings. The highest BCUT2D eigenvalue weighted by Crippen LogP contribution is 2.17. The predicted octanol–water partition coefficient (Wildman–Crippen LogP) is 2.59. The highest BCUT2D eigenvalue weighted by Gasteiger charge is 2.16. The molecule has 1 N–H and O–H groups in total. The molecule has 0 bridgehead atoms.